The van der Waals surface area contributed by atoms with Gasteiger partial charge in [-0.15, -0.1) is 0 Å². The molecule has 0 bridgehead atoms. The average molecular weight is 273 g/mol. The second-order valence-corrected chi connectivity index (χ2v) is 4.43. The number of ketones is 1. The standard InChI is InChI=1S/C16H19NO3/c1-2-3-10-14(15(19)11-7-12-18)17-16(20)13-8-5-4-6-9-13/h4-9,11-12,14H,2-3,10H2,1H3,(H,17,20)/b11-7-. The minimum absolute atomic E-state index is 0.255. The number of allylic oxidation sites excluding steroid dienone is 1. The number of nitrogens with one attached hydrogen (secondary N) is 1. The summed E-state index contributed by atoms with van der Waals surface area (Å²) in [5.74, 6) is -0.533. The maximum atomic E-state index is 12.0. The number of aldehydes is 1. The summed E-state index contributed by atoms with van der Waals surface area (Å²) in [5.41, 5.74) is 0.515. The third-order valence-corrected chi connectivity index (χ3v) is 2.87. The molecular formula is C16H19NO3. The Morgan fingerprint density at radius 3 is 2.55 bits per heavy atom. The molecule has 0 spiro atoms. The molecule has 4 heteroatoms. The van der Waals surface area contributed by atoms with E-state index in [1.165, 1.54) is 6.08 Å². The third kappa shape index (κ3) is 5.18. The molecule has 1 amide bonds. The van der Waals surface area contributed by atoms with Gasteiger partial charge in [-0.2, -0.15) is 0 Å². The molecule has 0 radical (unpaired) electrons. The molecule has 0 saturated heterocycles. The van der Waals surface area contributed by atoms with Gasteiger partial charge in [0.15, 0.2) is 5.78 Å². The van der Waals surface area contributed by atoms with Crippen molar-refractivity contribution in [2.45, 2.75) is 32.2 Å². The summed E-state index contributed by atoms with van der Waals surface area (Å²) in [6.45, 7) is 2.02. The van der Waals surface area contributed by atoms with Crippen LogP contribution in [0.2, 0.25) is 0 Å². The van der Waals surface area contributed by atoms with E-state index < -0.39 is 6.04 Å². The summed E-state index contributed by atoms with van der Waals surface area (Å²) in [6, 6.07) is 8.16. The second-order valence-electron chi connectivity index (χ2n) is 4.43. The SMILES string of the molecule is CCCCC(NC(=O)c1ccccc1)C(=O)/C=C\C=O. The van der Waals surface area contributed by atoms with Gasteiger partial charge in [-0.25, -0.2) is 0 Å². The van der Waals surface area contributed by atoms with Crippen LogP contribution < -0.4 is 5.32 Å². The van der Waals surface area contributed by atoms with Crippen molar-refractivity contribution in [2.75, 3.05) is 0 Å². The van der Waals surface area contributed by atoms with Crippen LogP contribution in [0, 0.1) is 0 Å². The predicted octanol–water partition coefficient (Wildman–Crippen LogP) is 2.30. The van der Waals surface area contributed by atoms with Crippen LogP contribution >= 0.6 is 0 Å². The molecule has 1 aromatic rings. The van der Waals surface area contributed by atoms with E-state index in [9.17, 15) is 14.4 Å². The van der Waals surface area contributed by atoms with Crippen molar-refractivity contribution in [3.63, 3.8) is 0 Å². The number of hydrogen-bond acceptors (Lipinski definition) is 3. The lowest BCUT2D eigenvalue weighted by Gasteiger charge is -2.15. The van der Waals surface area contributed by atoms with Gasteiger partial charge in [-0.1, -0.05) is 38.0 Å². The van der Waals surface area contributed by atoms with Gasteiger partial charge >= 0.3 is 0 Å². The Morgan fingerprint density at radius 1 is 1.25 bits per heavy atom. The van der Waals surface area contributed by atoms with E-state index in [2.05, 4.69) is 5.32 Å². The first-order chi connectivity index (χ1) is 9.69. The normalized spacial score (nSPS) is 12.1. The first-order valence-electron chi connectivity index (χ1n) is 6.70. The Bertz CT molecular complexity index is 480. The molecule has 1 rings (SSSR count). The van der Waals surface area contributed by atoms with Crippen molar-refractivity contribution in [3.8, 4) is 0 Å². The smallest absolute Gasteiger partial charge is 0.251 e. The number of benzene rings is 1. The molecule has 0 aliphatic carbocycles. The van der Waals surface area contributed by atoms with Gasteiger partial charge in [-0.3, -0.25) is 14.4 Å². The summed E-state index contributed by atoms with van der Waals surface area (Å²) in [5, 5.41) is 2.72. The second kappa shape index (κ2) is 8.80. The number of amides is 1. The Labute approximate surface area is 118 Å². The summed E-state index contributed by atoms with van der Waals surface area (Å²) < 4.78 is 0. The van der Waals surface area contributed by atoms with E-state index in [-0.39, 0.29) is 11.7 Å². The van der Waals surface area contributed by atoms with Crippen LogP contribution in [0.5, 0.6) is 0 Å². The molecule has 1 unspecified atom stereocenters. The molecule has 106 valence electrons. The highest BCUT2D eigenvalue weighted by Gasteiger charge is 2.18. The molecule has 0 aliphatic heterocycles. The average Bonchev–Trinajstić information content (AvgIpc) is 2.49. The van der Waals surface area contributed by atoms with E-state index in [1.54, 1.807) is 24.3 Å². The van der Waals surface area contributed by atoms with Crippen molar-refractivity contribution in [1.29, 1.82) is 0 Å². The molecule has 20 heavy (non-hydrogen) atoms. The van der Waals surface area contributed by atoms with Crippen molar-refractivity contribution >= 4 is 18.0 Å². The van der Waals surface area contributed by atoms with Gasteiger partial charge in [0.2, 0.25) is 0 Å². The molecule has 0 aromatic heterocycles. The third-order valence-electron chi connectivity index (χ3n) is 2.87. The fourth-order valence-corrected chi connectivity index (χ4v) is 1.78. The number of carbonyl (C=O) groups excluding carboxylic acids is 3. The topological polar surface area (TPSA) is 63.2 Å². The lowest BCUT2D eigenvalue weighted by atomic mass is 10.0. The first-order valence-corrected chi connectivity index (χ1v) is 6.70. The van der Waals surface area contributed by atoms with Crippen LogP contribution in [0.1, 0.15) is 36.5 Å². The predicted molar refractivity (Wildman–Crippen MR) is 77.4 cm³/mol. The molecule has 1 aromatic carbocycles. The zero-order valence-corrected chi connectivity index (χ0v) is 11.5. The largest absolute Gasteiger partial charge is 0.342 e. The first kappa shape index (κ1) is 15.8. The summed E-state index contributed by atoms with van der Waals surface area (Å²) in [4.78, 5) is 34.2. The molecule has 0 fully saturated rings. The zero-order chi connectivity index (χ0) is 14.8. The minimum atomic E-state index is -0.584. The van der Waals surface area contributed by atoms with Gasteiger partial charge in [0.25, 0.3) is 5.91 Å². The van der Waals surface area contributed by atoms with Crippen LogP contribution in [0.25, 0.3) is 0 Å². The van der Waals surface area contributed by atoms with Crippen molar-refractivity contribution < 1.29 is 14.4 Å². The van der Waals surface area contributed by atoms with Crippen LogP contribution in [0.4, 0.5) is 0 Å². The van der Waals surface area contributed by atoms with Crippen molar-refractivity contribution in [1.82, 2.24) is 5.32 Å². The quantitative estimate of drug-likeness (QED) is 0.584. The Balaban J connectivity index is 2.73. The van der Waals surface area contributed by atoms with Crippen molar-refractivity contribution in [2.24, 2.45) is 0 Å². The maximum Gasteiger partial charge on any atom is 0.251 e. The van der Waals surface area contributed by atoms with Crippen molar-refractivity contribution in [3.05, 3.63) is 48.0 Å². The highest BCUT2D eigenvalue weighted by Crippen LogP contribution is 2.05. The van der Waals surface area contributed by atoms with Gasteiger partial charge in [0.05, 0.1) is 6.04 Å². The number of unbranched alkanes of at least 4 members (excludes halogenated alkanes) is 1. The molecule has 0 heterocycles. The lowest BCUT2D eigenvalue weighted by Crippen LogP contribution is -2.40. The highest BCUT2D eigenvalue weighted by molar-refractivity contribution is 6.02. The van der Waals surface area contributed by atoms with Gasteiger partial charge in [0, 0.05) is 5.56 Å². The number of hydrogen-bond donors (Lipinski definition) is 1. The van der Waals surface area contributed by atoms with Crippen LogP contribution in [-0.4, -0.2) is 24.0 Å². The van der Waals surface area contributed by atoms with Crippen LogP contribution in [0.3, 0.4) is 0 Å². The molecule has 4 nitrogen and oxygen atoms in total. The summed E-state index contributed by atoms with van der Waals surface area (Å²) >= 11 is 0. The van der Waals surface area contributed by atoms with E-state index in [0.717, 1.165) is 18.9 Å². The van der Waals surface area contributed by atoms with Gasteiger partial charge in [-0.05, 0) is 30.7 Å². The van der Waals surface area contributed by atoms with Gasteiger partial charge < -0.3 is 5.32 Å². The minimum Gasteiger partial charge on any atom is -0.342 e. The van der Waals surface area contributed by atoms with E-state index in [4.69, 9.17) is 0 Å². The highest BCUT2D eigenvalue weighted by atomic mass is 16.2. The molecule has 1 atom stereocenters. The van der Waals surface area contributed by atoms with E-state index in [1.807, 2.05) is 13.0 Å². The summed E-state index contributed by atoms with van der Waals surface area (Å²) in [6.07, 6.45) is 5.24. The fraction of sp³-hybridized carbons (Fsp3) is 0.312. The monoisotopic (exact) mass is 273 g/mol. The lowest BCUT2D eigenvalue weighted by molar-refractivity contribution is -0.116. The van der Waals surface area contributed by atoms with Crippen LogP contribution in [0.15, 0.2) is 42.5 Å². The Kier molecular flexibility index (Phi) is 6.96. The molecule has 0 saturated carbocycles. The number of carbonyl (C=O) groups is 3. The molecule has 1 N–H and O–H groups in total. The molecule has 0 aliphatic rings. The summed E-state index contributed by atoms with van der Waals surface area (Å²) in [7, 11) is 0. The van der Waals surface area contributed by atoms with E-state index >= 15 is 0 Å². The van der Waals surface area contributed by atoms with Gasteiger partial charge in [0.1, 0.15) is 6.29 Å². The zero-order valence-electron chi connectivity index (χ0n) is 11.5. The molecular weight excluding hydrogens is 254 g/mol. The van der Waals surface area contributed by atoms with Crippen LogP contribution in [-0.2, 0) is 9.59 Å². The maximum absolute atomic E-state index is 12.0. The fourth-order valence-electron chi connectivity index (χ4n) is 1.78. The Hall–Kier alpha value is -2.23. The number of rotatable bonds is 8. The van der Waals surface area contributed by atoms with E-state index in [0.29, 0.717) is 18.3 Å². The Morgan fingerprint density at radius 2 is 1.95 bits per heavy atom.